The predicted octanol–water partition coefficient (Wildman–Crippen LogP) is 4.42. The average molecular weight is 282 g/mol. The first-order chi connectivity index (χ1) is 9.22. The van der Waals surface area contributed by atoms with Crippen LogP contribution in [0.15, 0.2) is 6.07 Å². The van der Waals surface area contributed by atoms with Gasteiger partial charge in [-0.3, -0.25) is 4.79 Å². The van der Waals surface area contributed by atoms with Crippen LogP contribution >= 0.6 is 0 Å². The molecule has 0 radical (unpaired) electrons. The van der Waals surface area contributed by atoms with Gasteiger partial charge in [-0.05, 0) is 43.1 Å². The van der Waals surface area contributed by atoms with Crippen LogP contribution in [0, 0.1) is 41.1 Å². The molecule has 4 rings (SSSR count). The monoisotopic (exact) mass is 282 g/mol. The molecule has 3 fully saturated rings. The molecular formula is C16H17F3O. The van der Waals surface area contributed by atoms with E-state index in [2.05, 4.69) is 13.8 Å². The van der Waals surface area contributed by atoms with Gasteiger partial charge in [0.1, 0.15) is 5.82 Å². The van der Waals surface area contributed by atoms with Crippen LogP contribution in [0.3, 0.4) is 0 Å². The third-order valence-corrected chi connectivity index (χ3v) is 5.42. The van der Waals surface area contributed by atoms with Crippen LogP contribution in [0.25, 0.3) is 0 Å². The highest BCUT2D eigenvalue weighted by Gasteiger charge is 2.72. The van der Waals surface area contributed by atoms with Crippen molar-refractivity contribution in [1.29, 1.82) is 0 Å². The Morgan fingerprint density at radius 3 is 2.20 bits per heavy atom. The minimum atomic E-state index is -1.29. The number of carbonyl (C=O) groups excluding carboxylic acids is 1. The molecule has 108 valence electrons. The van der Waals surface area contributed by atoms with Crippen molar-refractivity contribution in [2.45, 2.75) is 40.0 Å². The maximum absolute atomic E-state index is 13.9. The highest BCUT2D eigenvalue weighted by Crippen LogP contribution is 2.77. The van der Waals surface area contributed by atoms with Crippen LogP contribution in [0.5, 0.6) is 0 Å². The standard InChI is InChI=1S/C16H17F3O/c1-8(2)15-5-16(6-15,7-15)14(20)12-9(3)10(17)4-11(18)13(12)19/h4,8H,5-7H2,1-3H3. The minimum Gasteiger partial charge on any atom is -0.293 e. The maximum atomic E-state index is 13.9. The molecule has 3 saturated carbocycles. The first-order valence-electron chi connectivity index (χ1n) is 6.91. The lowest BCUT2D eigenvalue weighted by molar-refractivity contribution is -0.195. The van der Waals surface area contributed by atoms with Crippen molar-refractivity contribution in [2.75, 3.05) is 0 Å². The van der Waals surface area contributed by atoms with Gasteiger partial charge in [0.05, 0.1) is 5.56 Å². The molecule has 0 atom stereocenters. The zero-order valence-electron chi connectivity index (χ0n) is 11.8. The highest BCUT2D eigenvalue weighted by atomic mass is 19.2. The summed E-state index contributed by atoms with van der Waals surface area (Å²) in [5.41, 5.74) is -0.862. The Hall–Kier alpha value is -1.32. The molecule has 4 heteroatoms. The van der Waals surface area contributed by atoms with Gasteiger partial charge in [0.2, 0.25) is 0 Å². The van der Waals surface area contributed by atoms with E-state index in [4.69, 9.17) is 0 Å². The number of rotatable bonds is 3. The Balaban J connectivity index is 1.95. The van der Waals surface area contributed by atoms with E-state index < -0.39 is 28.6 Å². The van der Waals surface area contributed by atoms with Crippen LogP contribution in [-0.4, -0.2) is 5.78 Å². The molecule has 20 heavy (non-hydrogen) atoms. The number of hydrogen-bond acceptors (Lipinski definition) is 1. The first kappa shape index (κ1) is 13.7. The van der Waals surface area contributed by atoms with Gasteiger partial charge in [0.15, 0.2) is 17.4 Å². The predicted molar refractivity (Wildman–Crippen MR) is 68.9 cm³/mol. The van der Waals surface area contributed by atoms with E-state index in [0.29, 0.717) is 31.2 Å². The Kier molecular flexibility index (Phi) is 2.64. The molecule has 3 aliphatic rings. The average Bonchev–Trinajstić information content (AvgIpc) is 2.22. The summed E-state index contributed by atoms with van der Waals surface area (Å²) in [7, 11) is 0. The van der Waals surface area contributed by atoms with Crippen LogP contribution in [-0.2, 0) is 0 Å². The lowest BCUT2D eigenvalue weighted by Gasteiger charge is -2.72. The molecule has 1 nitrogen and oxygen atoms in total. The Morgan fingerprint density at radius 1 is 1.15 bits per heavy atom. The van der Waals surface area contributed by atoms with E-state index in [1.54, 1.807) is 0 Å². The largest absolute Gasteiger partial charge is 0.293 e. The molecule has 3 aliphatic carbocycles. The molecule has 1 aromatic carbocycles. The quantitative estimate of drug-likeness (QED) is 0.592. The summed E-state index contributed by atoms with van der Waals surface area (Å²) in [5, 5.41) is 0. The number of ketones is 1. The second kappa shape index (κ2) is 3.86. The fourth-order valence-electron chi connectivity index (χ4n) is 3.94. The zero-order chi connectivity index (χ0) is 14.9. The first-order valence-corrected chi connectivity index (χ1v) is 6.91. The maximum Gasteiger partial charge on any atom is 0.172 e. The van der Waals surface area contributed by atoms with E-state index in [9.17, 15) is 18.0 Å². The molecule has 0 saturated heterocycles. The van der Waals surface area contributed by atoms with Gasteiger partial charge in [-0.2, -0.15) is 0 Å². The SMILES string of the molecule is Cc1c(F)cc(F)c(F)c1C(=O)C12CC(C(C)C)(C1)C2. The molecular weight excluding hydrogens is 265 g/mol. The Bertz CT molecular complexity index is 573. The minimum absolute atomic E-state index is 0.0859. The molecule has 0 amide bonds. The number of Topliss-reactive ketones (excluding diaryl/α,β-unsaturated/α-hetero) is 1. The molecule has 2 bridgehead atoms. The van der Waals surface area contributed by atoms with Gasteiger partial charge < -0.3 is 0 Å². The second-order valence-corrected chi connectivity index (χ2v) is 6.81. The Morgan fingerprint density at radius 2 is 1.70 bits per heavy atom. The summed E-state index contributed by atoms with van der Waals surface area (Å²) in [4.78, 5) is 12.5. The van der Waals surface area contributed by atoms with Crippen molar-refractivity contribution >= 4 is 5.78 Å². The van der Waals surface area contributed by atoms with Gasteiger partial charge >= 0.3 is 0 Å². The summed E-state index contributed by atoms with van der Waals surface area (Å²) in [5.74, 6) is -3.31. The number of hydrogen-bond donors (Lipinski definition) is 0. The molecule has 1 aromatic rings. The second-order valence-electron chi connectivity index (χ2n) is 6.81. The van der Waals surface area contributed by atoms with Gasteiger partial charge in [-0.1, -0.05) is 13.8 Å². The summed E-state index contributed by atoms with van der Waals surface area (Å²) in [6.45, 7) is 5.55. The molecule has 0 spiro atoms. The fourth-order valence-corrected chi connectivity index (χ4v) is 3.94. The third-order valence-electron chi connectivity index (χ3n) is 5.42. The van der Waals surface area contributed by atoms with Crippen molar-refractivity contribution in [3.8, 4) is 0 Å². The van der Waals surface area contributed by atoms with Crippen molar-refractivity contribution in [2.24, 2.45) is 16.7 Å². The van der Waals surface area contributed by atoms with Gasteiger partial charge in [-0.15, -0.1) is 0 Å². The number of benzene rings is 1. The smallest absolute Gasteiger partial charge is 0.172 e. The Labute approximate surface area is 116 Å². The van der Waals surface area contributed by atoms with Crippen molar-refractivity contribution in [3.05, 3.63) is 34.6 Å². The van der Waals surface area contributed by atoms with Crippen molar-refractivity contribution in [1.82, 2.24) is 0 Å². The summed E-state index contributed by atoms with van der Waals surface area (Å²) < 4.78 is 40.8. The summed E-state index contributed by atoms with van der Waals surface area (Å²) in [6, 6.07) is 0.499. The van der Waals surface area contributed by atoms with Crippen molar-refractivity contribution < 1.29 is 18.0 Å². The molecule has 0 N–H and O–H groups in total. The highest BCUT2D eigenvalue weighted by molar-refractivity contribution is 6.04. The van der Waals surface area contributed by atoms with Gasteiger partial charge in [0.25, 0.3) is 0 Å². The van der Waals surface area contributed by atoms with E-state index >= 15 is 0 Å². The lowest BCUT2D eigenvalue weighted by atomic mass is 9.31. The van der Waals surface area contributed by atoms with Gasteiger partial charge in [0, 0.05) is 11.5 Å². The van der Waals surface area contributed by atoms with Crippen molar-refractivity contribution in [3.63, 3.8) is 0 Å². The van der Waals surface area contributed by atoms with Gasteiger partial charge in [-0.25, -0.2) is 13.2 Å². The summed E-state index contributed by atoms with van der Waals surface area (Å²) >= 11 is 0. The van der Waals surface area contributed by atoms with Crippen LogP contribution in [0.4, 0.5) is 13.2 Å². The van der Waals surface area contributed by atoms with Crippen LogP contribution in [0.1, 0.15) is 49.0 Å². The van der Waals surface area contributed by atoms with E-state index in [1.807, 2.05) is 0 Å². The zero-order valence-corrected chi connectivity index (χ0v) is 11.8. The summed E-state index contributed by atoms with van der Waals surface area (Å²) in [6.07, 6.45) is 2.15. The van der Waals surface area contributed by atoms with E-state index in [0.717, 1.165) is 0 Å². The molecule has 0 aliphatic heterocycles. The lowest BCUT2D eigenvalue weighted by Crippen LogP contribution is -2.67. The molecule has 0 aromatic heterocycles. The topological polar surface area (TPSA) is 17.1 Å². The molecule has 0 heterocycles. The van der Waals surface area contributed by atoms with Crippen LogP contribution in [0.2, 0.25) is 0 Å². The number of halogens is 3. The van der Waals surface area contributed by atoms with Crippen LogP contribution < -0.4 is 0 Å². The third kappa shape index (κ3) is 1.48. The normalized spacial score (nSPS) is 30.9. The number of carbonyl (C=O) groups is 1. The van der Waals surface area contributed by atoms with E-state index in [-0.39, 0.29) is 16.5 Å². The van der Waals surface area contributed by atoms with E-state index in [1.165, 1.54) is 6.92 Å². The molecule has 0 unspecified atom stereocenters. The fraction of sp³-hybridized carbons (Fsp3) is 0.562.